The van der Waals surface area contributed by atoms with E-state index in [1.807, 2.05) is 6.92 Å². The molecule has 4 N–H and O–H groups in total. The minimum atomic E-state index is -0.851. The first-order valence-electron chi connectivity index (χ1n) is 6.28. The lowest BCUT2D eigenvalue weighted by Crippen LogP contribution is -2.48. The average Bonchev–Trinajstić information content (AvgIpc) is 2.29. The summed E-state index contributed by atoms with van der Waals surface area (Å²) in [5, 5.41) is 11.2. The third-order valence-corrected chi connectivity index (χ3v) is 2.66. The smallest absolute Gasteiger partial charge is 0.318 e. The summed E-state index contributed by atoms with van der Waals surface area (Å²) >= 11 is 0. The number of hydrogen-bond acceptors (Lipinski definition) is 3. The molecule has 7 heteroatoms. The van der Waals surface area contributed by atoms with E-state index in [2.05, 4.69) is 5.32 Å². The van der Waals surface area contributed by atoms with Crippen LogP contribution in [-0.2, 0) is 9.59 Å². The molecule has 0 aromatic rings. The highest BCUT2D eigenvalue weighted by molar-refractivity contribution is 5.83. The zero-order valence-electron chi connectivity index (χ0n) is 11.7. The van der Waals surface area contributed by atoms with Crippen molar-refractivity contribution in [1.82, 2.24) is 10.2 Å². The Bertz CT molecular complexity index is 331. The van der Waals surface area contributed by atoms with E-state index in [0.29, 0.717) is 13.0 Å². The predicted octanol–water partition coefficient (Wildman–Crippen LogP) is 0.393. The van der Waals surface area contributed by atoms with Gasteiger partial charge in [-0.15, -0.1) is 0 Å². The summed E-state index contributed by atoms with van der Waals surface area (Å²) in [5.41, 5.74) is 5.08. The molecule has 0 saturated carbocycles. The van der Waals surface area contributed by atoms with Gasteiger partial charge in [-0.3, -0.25) is 9.59 Å². The van der Waals surface area contributed by atoms with Gasteiger partial charge in [0.15, 0.2) is 0 Å². The number of carboxylic acid groups (broad SMARTS) is 1. The van der Waals surface area contributed by atoms with Crippen LogP contribution in [0.3, 0.4) is 0 Å². The van der Waals surface area contributed by atoms with Gasteiger partial charge in [0.2, 0.25) is 5.91 Å². The van der Waals surface area contributed by atoms with Crippen molar-refractivity contribution in [2.45, 2.75) is 39.7 Å². The summed E-state index contributed by atoms with van der Waals surface area (Å²) in [4.78, 5) is 34.5. The zero-order chi connectivity index (χ0) is 15.0. The van der Waals surface area contributed by atoms with Gasteiger partial charge in [0.25, 0.3) is 0 Å². The van der Waals surface area contributed by atoms with Crippen LogP contribution >= 0.6 is 0 Å². The standard InChI is InChI=1S/C12H23N3O4/c1-8(2)15(7-10(13)16)12(19)14-6-9(3)4-5-11(17)18/h8-9H,4-7H2,1-3H3,(H2,13,16)(H,14,19)(H,17,18). The molecule has 0 fully saturated rings. The highest BCUT2D eigenvalue weighted by atomic mass is 16.4. The average molecular weight is 273 g/mol. The molecule has 1 unspecified atom stereocenters. The van der Waals surface area contributed by atoms with E-state index in [1.165, 1.54) is 4.90 Å². The molecule has 3 amide bonds. The van der Waals surface area contributed by atoms with Gasteiger partial charge in [-0.05, 0) is 26.2 Å². The second-order valence-corrected chi connectivity index (χ2v) is 4.91. The number of primary amides is 1. The largest absolute Gasteiger partial charge is 0.481 e. The van der Waals surface area contributed by atoms with E-state index < -0.39 is 11.9 Å². The number of rotatable bonds is 8. The van der Waals surface area contributed by atoms with Crippen LogP contribution in [0.15, 0.2) is 0 Å². The molecule has 0 aromatic carbocycles. The molecule has 0 aliphatic carbocycles. The number of nitrogens with two attached hydrogens (primary N) is 1. The van der Waals surface area contributed by atoms with Crippen molar-refractivity contribution in [3.05, 3.63) is 0 Å². The van der Waals surface area contributed by atoms with Gasteiger partial charge in [0.1, 0.15) is 6.54 Å². The van der Waals surface area contributed by atoms with Crippen molar-refractivity contribution < 1.29 is 19.5 Å². The zero-order valence-corrected chi connectivity index (χ0v) is 11.7. The third-order valence-electron chi connectivity index (χ3n) is 2.66. The summed E-state index contributed by atoms with van der Waals surface area (Å²) in [5.74, 6) is -1.36. The second-order valence-electron chi connectivity index (χ2n) is 4.91. The molecule has 0 bridgehead atoms. The van der Waals surface area contributed by atoms with Crippen molar-refractivity contribution in [1.29, 1.82) is 0 Å². The normalized spacial score (nSPS) is 12.0. The fourth-order valence-corrected chi connectivity index (χ4v) is 1.49. The van der Waals surface area contributed by atoms with E-state index in [1.54, 1.807) is 13.8 Å². The summed E-state index contributed by atoms with van der Waals surface area (Å²) in [6.45, 7) is 5.67. The lowest BCUT2D eigenvalue weighted by molar-refractivity contribution is -0.137. The number of urea groups is 1. The maximum Gasteiger partial charge on any atom is 0.318 e. The van der Waals surface area contributed by atoms with Crippen LogP contribution in [0.25, 0.3) is 0 Å². The molecule has 0 radical (unpaired) electrons. The number of nitrogens with one attached hydrogen (secondary N) is 1. The first kappa shape index (κ1) is 17.2. The Morgan fingerprint density at radius 3 is 2.26 bits per heavy atom. The van der Waals surface area contributed by atoms with Crippen LogP contribution in [-0.4, -0.2) is 47.0 Å². The van der Waals surface area contributed by atoms with E-state index >= 15 is 0 Å². The fraction of sp³-hybridized carbons (Fsp3) is 0.750. The molecule has 0 aromatic heterocycles. The van der Waals surface area contributed by atoms with Crippen molar-refractivity contribution in [2.24, 2.45) is 11.7 Å². The van der Waals surface area contributed by atoms with Gasteiger partial charge >= 0.3 is 12.0 Å². The number of aliphatic carboxylic acids is 1. The molecule has 0 spiro atoms. The van der Waals surface area contributed by atoms with Crippen LogP contribution in [0.1, 0.15) is 33.6 Å². The number of carboxylic acids is 1. The highest BCUT2D eigenvalue weighted by Crippen LogP contribution is 2.05. The van der Waals surface area contributed by atoms with Crippen molar-refractivity contribution >= 4 is 17.9 Å². The van der Waals surface area contributed by atoms with Crippen LogP contribution < -0.4 is 11.1 Å². The Balaban J connectivity index is 4.18. The maximum absolute atomic E-state index is 11.9. The summed E-state index contributed by atoms with van der Waals surface area (Å²) < 4.78 is 0. The minimum Gasteiger partial charge on any atom is -0.481 e. The summed E-state index contributed by atoms with van der Waals surface area (Å²) in [7, 11) is 0. The molecule has 0 rings (SSSR count). The number of nitrogens with zero attached hydrogens (tertiary/aromatic N) is 1. The van der Waals surface area contributed by atoms with Crippen molar-refractivity contribution in [2.75, 3.05) is 13.1 Å². The van der Waals surface area contributed by atoms with Gasteiger partial charge in [-0.2, -0.15) is 0 Å². The Morgan fingerprint density at radius 2 is 1.84 bits per heavy atom. The molecular formula is C12H23N3O4. The molecule has 0 heterocycles. The van der Waals surface area contributed by atoms with Crippen molar-refractivity contribution in [3.8, 4) is 0 Å². The number of carbonyl (C=O) groups is 3. The SMILES string of the molecule is CC(CCC(=O)O)CNC(=O)N(CC(N)=O)C(C)C. The van der Waals surface area contributed by atoms with Gasteiger partial charge in [-0.1, -0.05) is 6.92 Å². The molecule has 7 nitrogen and oxygen atoms in total. The molecule has 19 heavy (non-hydrogen) atoms. The first-order valence-corrected chi connectivity index (χ1v) is 6.28. The molecular weight excluding hydrogens is 250 g/mol. The second kappa shape index (κ2) is 8.34. The molecule has 110 valence electrons. The fourth-order valence-electron chi connectivity index (χ4n) is 1.49. The van der Waals surface area contributed by atoms with E-state index in [0.717, 1.165) is 0 Å². The van der Waals surface area contributed by atoms with E-state index in [4.69, 9.17) is 10.8 Å². The lowest BCUT2D eigenvalue weighted by atomic mass is 10.1. The molecule has 0 saturated heterocycles. The lowest BCUT2D eigenvalue weighted by Gasteiger charge is -2.26. The Hall–Kier alpha value is -1.79. The van der Waals surface area contributed by atoms with Gasteiger partial charge in [0.05, 0.1) is 0 Å². The summed E-state index contributed by atoms with van der Waals surface area (Å²) in [6.07, 6.45) is 0.569. The predicted molar refractivity (Wildman–Crippen MR) is 70.5 cm³/mol. The van der Waals surface area contributed by atoms with Crippen LogP contribution in [0.4, 0.5) is 4.79 Å². The molecule has 1 atom stereocenters. The third kappa shape index (κ3) is 8.01. The van der Waals surface area contributed by atoms with E-state index in [9.17, 15) is 14.4 Å². The monoisotopic (exact) mass is 273 g/mol. The van der Waals surface area contributed by atoms with Crippen LogP contribution in [0, 0.1) is 5.92 Å². The highest BCUT2D eigenvalue weighted by Gasteiger charge is 2.19. The molecule has 0 aliphatic rings. The summed E-state index contributed by atoms with van der Waals surface area (Å²) in [6, 6.07) is -0.502. The first-order chi connectivity index (χ1) is 8.73. The van der Waals surface area contributed by atoms with Crippen LogP contribution in [0.2, 0.25) is 0 Å². The van der Waals surface area contributed by atoms with E-state index in [-0.39, 0.29) is 31.0 Å². The Kier molecular flexibility index (Phi) is 7.55. The van der Waals surface area contributed by atoms with Gasteiger partial charge < -0.3 is 21.1 Å². The van der Waals surface area contributed by atoms with Crippen LogP contribution in [0.5, 0.6) is 0 Å². The van der Waals surface area contributed by atoms with Gasteiger partial charge in [-0.25, -0.2) is 4.79 Å². The van der Waals surface area contributed by atoms with Gasteiger partial charge in [0, 0.05) is 19.0 Å². The Labute approximate surface area is 113 Å². The number of hydrogen-bond donors (Lipinski definition) is 3. The topological polar surface area (TPSA) is 113 Å². The maximum atomic E-state index is 11.9. The minimum absolute atomic E-state index is 0.0580. The molecule has 0 aliphatic heterocycles. The number of carbonyl (C=O) groups excluding carboxylic acids is 2. The Morgan fingerprint density at radius 1 is 1.26 bits per heavy atom. The van der Waals surface area contributed by atoms with Crippen molar-refractivity contribution in [3.63, 3.8) is 0 Å². The number of amides is 3. The quantitative estimate of drug-likeness (QED) is 0.593.